The highest BCUT2D eigenvalue weighted by atomic mass is 19.1. The lowest BCUT2D eigenvalue weighted by Crippen LogP contribution is -2.58. The number of anilines is 1. The van der Waals surface area contributed by atoms with Gasteiger partial charge >= 0.3 is 0 Å². The predicted octanol–water partition coefficient (Wildman–Crippen LogP) is 2.50. The first-order valence-electron chi connectivity index (χ1n) is 9.60. The molecule has 0 atom stereocenters. The van der Waals surface area contributed by atoms with Crippen LogP contribution in [0.1, 0.15) is 12.8 Å². The zero-order valence-corrected chi connectivity index (χ0v) is 15.7. The number of halogens is 1. The van der Waals surface area contributed by atoms with E-state index in [1.54, 1.807) is 12.3 Å². The summed E-state index contributed by atoms with van der Waals surface area (Å²) in [4.78, 5) is 20.4. The van der Waals surface area contributed by atoms with Gasteiger partial charge in [-0.15, -0.1) is 0 Å². The first-order chi connectivity index (χ1) is 13.7. The van der Waals surface area contributed by atoms with Crippen molar-refractivity contribution in [2.45, 2.75) is 18.4 Å². The summed E-state index contributed by atoms with van der Waals surface area (Å²) in [6, 6.07) is 12.3. The summed E-state index contributed by atoms with van der Waals surface area (Å²) in [6.07, 6.45) is 3.04. The molecule has 0 unspecified atom stereocenters. The van der Waals surface area contributed by atoms with Gasteiger partial charge in [0.05, 0.1) is 12.2 Å². The molecule has 1 spiro atoms. The first-order valence-corrected chi connectivity index (χ1v) is 9.60. The van der Waals surface area contributed by atoms with E-state index in [0.29, 0.717) is 44.4 Å². The monoisotopic (exact) mass is 385 g/mol. The molecular formula is C21H24FN3O3. The van der Waals surface area contributed by atoms with Crippen LogP contribution in [0.3, 0.4) is 0 Å². The number of carbonyl (C=O) groups is 1. The second-order valence-electron chi connectivity index (χ2n) is 7.24. The van der Waals surface area contributed by atoms with Crippen molar-refractivity contribution in [3.05, 3.63) is 54.5 Å². The Hall–Kier alpha value is -2.67. The highest BCUT2D eigenvalue weighted by Gasteiger charge is 2.41. The summed E-state index contributed by atoms with van der Waals surface area (Å²) in [5.41, 5.74) is -0.362. The van der Waals surface area contributed by atoms with Gasteiger partial charge < -0.3 is 19.3 Å². The van der Waals surface area contributed by atoms with Crippen molar-refractivity contribution in [1.29, 1.82) is 0 Å². The number of nitrogens with zero attached hydrogens (tertiary/aromatic N) is 3. The summed E-state index contributed by atoms with van der Waals surface area (Å²) < 4.78 is 25.8. The molecular weight excluding hydrogens is 361 g/mol. The Morgan fingerprint density at radius 1 is 1.14 bits per heavy atom. The van der Waals surface area contributed by atoms with Gasteiger partial charge in [-0.2, -0.15) is 0 Å². The second kappa shape index (κ2) is 8.14. The normalized spacial score (nSPS) is 18.9. The van der Waals surface area contributed by atoms with E-state index in [1.807, 2.05) is 40.1 Å². The Labute approximate surface area is 163 Å². The van der Waals surface area contributed by atoms with E-state index >= 15 is 0 Å². The molecule has 7 heteroatoms. The summed E-state index contributed by atoms with van der Waals surface area (Å²) in [5.74, 6) is 0.722. The molecule has 2 aromatic rings. The van der Waals surface area contributed by atoms with Crippen LogP contribution in [0.15, 0.2) is 48.7 Å². The zero-order chi connectivity index (χ0) is 19.4. The van der Waals surface area contributed by atoms with Crippen LogP contribution in [0.5, 0.6) is 5.75 Å². The smallest absolute Gasteiger partial charge is 0.260 e. The van der Waals surface area contributed by atoms with Gasteiger partial charge in [0, 0.05) is 32.4 Å². The molecule has 0 aliphatic carbocycles. The van der Waals surface area contributed by atoms with Crippen molar-refractivity contribution in [3.63, 3.8) is 0 Å². The molecule has 1 aromatic heterocycles. The van der Waals surface area contributed by atoms with Gasteiger partial charge in [0.15, 0.2) is 18.2 Å². The van der Waals surface area contributed by atoms with E-state index in [2.05, 4.69) is 4.98 Å². The number of amides is 1. The first kappa shape index (κ1) is 18.7. The fourth-order valence-electron chi connectivity index (χ4n) is 3.85. The van der Waals surface area contributed by atoms with Crippen LogP contribution < -0.4 is 9.64 Å². The zero-order valence-electron chi connectivity index (χ0n) is 15.7. The molecule has 2 fully saturated rings. The van der Waals surface area contributed by atoms with Gasteiger partial charge in [0.1, 0.15) is 5.75 Å². The van der Waals surface area contributed by atoms with Crippen molar-refractivity contribution in [2.75, 3.05) is 44.3 Å². The third-order valence-corrected chi connectivity index (χ3v) is 5.42. The molecule has 1 amide bonds. The average molecular weight is 385 g/mol. The van der Waals surface area contributed by atoms with Gasteiger partial charge in [-0.25, -0.2) is 9.37 Å². The lowest BCUT2D eigenvalue weighted by molar-refractivity contribution is -0.141. The summed E-state index contributed by atoms with van der Waals surface area (Å²) >= 11 is 0. The van der Waals surface area contributed by atoms with Crippen LogP contribution in [-0.2, 0) is 9.53 Å². The second-order valence-corrected chi connectivity index (χ2v) is 7.24. The van der Waals surface area contributed by atoms with E-state index in [4.69, 9.17) is 9.47 Å². The Kier molecular flexibility index (Phi) is 5.43. The van der Waals surface area contributed by atoms with Crippen LogP contribution in [0, 0.1) is 5.82 Å². The number of hydrogen-bond donors (Lipinski definition) is 0. The largest absolute Gasteiger partial charge is 0.484 e. The third kappa shape index (κ3) is 4.09. The molecule has 4 rings (SSSR count). The molecule has 6 nitrogen and oxygen atoms in total. The number of benzene rings is 1. The van der Waals surface area contributed by atoms with Crippen LogP contribution in [0.4, 0.5) is 10.2 Å². The fraction of sp³-hybridized carbons (Fsp3) is 0.429. The Morgan fingerprint density at radius 2 is 1.93 bits per heavy atom. The van der Waals surface area contributed by atoms with Crippen LogP contribution in [0.25, 0.3) is 0 Å². The molecule has 2 aliphatic rings. The fourth-order valence-corrected chi connectivity index (χ4v) is 3.85. The molecule has 0 saturated carbocycles. The van der Waals surface area contributed by atoms with Crippen LogP contribution in [-0.4, -0.2) is 60.8 Å². The highest BCUT2D eigenvalue weighted by Crippen LogP contribution is 2.32. The number of morpholine rings is 1. The van der Waals surface area contributed by atoms with Crippen molar-refractivity contribution >= 4 is 11.7 Å². The maximum atomic E-state index is 14.1. The van der Waals surface area contributed by atoms with Gasteiger partial charge in [-0.05, 0) is 37.1 Å². The number of aromatic nitrogens is 1. The quantitative estimate of drug-likeness (QED) is 0.810. The van der Waals surface area contributed by atoms with Crippen LogP contribution in [0.2, 0.25) is 0 Å². The molecule has 3 heterocycles. The molecule has 0 N–H and O–H groups in total. The van der Waals surface area contributed by atoms with Gasteiger partial charge in [-0.3, -0.25) is 4.79 Å². The van der Waals surface area contributed by atoms with Crippen molar-refractivity contribution in [2.24, 2.45) is 0 Å². The van der Waals surface area contributed by atoms with E-state index in [0.717, 1.165) is 12.8 Å². The van der Waals surface area contributed by atoms with Crippen molar-refractivity contribution in [1.82, 2.24) is 9.88 Å². The average Bonchev–Trinajstić information content (AvgIpc) is 2.74. The van der Waals surface area contributed by atoms with Gasteiger partial charge in [-0.1, -0.05) is 18.2 Å². The number of carbonyl (C=O) groups excluding carboxylic acids is 1. The Balaban J connectivity index is 1.32. The van der Waals surface area contributed by atoms with E-state index in [-0.39, 0.29) is 23.9 Å². The van der Waals surface area contributed by atoms with Crippen molar-refractivity contribution in [3.8, 4) is 5.75 Å². The lowest BCUT2D eigenvalue weighted by atomic mass is 9.89. The lowest BCUT2D eigenvalue weighted by Gasteiger charge is -2.47. The molecule has 0 radical (unpaired) electrons. The number of para-hydroxylation sites is 1. The van der Waals surface area contributed by atoms with E-state index in [1.165, 1.54) is 6.07 Å². The minimum absolute atomic E-state index is 0.0258. The summed E-state index contributed by atoms with van der Waals surface area (Å²) in [5, 5.41) is 0. The van der Waals surface area contributed by atoms with E-state index in [9.17, 15) is 9.18 Å². The molecule has 2 aliphatic heterocycles. The van der Waals surface area contributed by atoms with E-state index < -0.39 is 0 Å². The minimum atomic E-state index is -0.362. The maximum absolute atomic E-state index is 14.1. The molecule has 0 bridgehead atoms. The number of piperidine rings is 1. The minimum Gasteiger partial charge on any atom is -0.484 e. The number of likely N-dealkylation sites (tertiary alicyclic amines) is 1. The molecule has 2 saturated heterocycles. The molecule has 148 valence electrons. The number of ether oxygens (including phenoxy) is 2. The summed E-state index contributed by atoms with van der Waals surface area (Å²) in [6.45, 7) is 2.97. The predicted molar refractivity (Wildman–Crippen MR) is 103 cm³/mol. The van der Waals surface area contributed by atoms with Gasteiger partial charge in [0.2, 0.25) is 0 Å². The summed E-state index contributed by atoms with van der Waals surface area (Å²) in [7, 11) is 0. The number of hydrogen-bond acceptors (Lipinski definition) is 5. The SMILES string of the molecule is O=C(COc1ccccc1)N1CCC2(CC1)CN(c1ncccc1F)CCO2. The molecule has 28 heavy (non-hydrogen) atoms. The number of pyridine rings is 1. The number of rotatable bonds is 4. The third-order valence-electron chi connectivity index (χ3n) is 5.42. The Bertz CT molecular complexity index is 810. The topological polar surface area (TPSA) is 54.9 Å². The van der Waals surface area contributed by atoms with Crippen molar-refractivity contribution < 1.29 is 18.7 Å². The Morgan fingerprint density at radius 3 is 2.68 bits per heavy atom. The van der Waals surface area contributed by atoms with Gasteiger partial charge in [0.25, 0.3) is 5.91 Å². The molecule has 1 aromatic carbocycles. The highest BCUT2D eigenvalue weighted by molar-refractivity contribution is 5.77. The maximum Gasteiger partial charge on any atom is 0.260 e. The van der Waals surface area contributed by atoms with Crippen LogP contribution >= 0.6 is 0 Å². The standard InChI is InChI=1S/C21H24FN3O3/c22-18-7-4-10-23-20(18)25-13-14-28-21(16-25)8-11-24(12-9-21)19(26)15-27-17-5-2-1-3-6-17/h1-7,10H,8-9,11-16H2.